The second kappa shape index (κ2) is 7.38. The van der Waals surface area contributed by atoms with Crippen LogP contribution in [0.2, 0.25) is 0 Å². The fourth-order valence-electron chi connectivity index (χ4n) is 3.33. The van der Waals surface area contributed by atoms with Gasteiger partial charge in [0.05, 0.1) is 5.37 Å². The smallest absolute Gasteiger partial charge is 0.327 e. The molecule has 4 unspecified atom stereocenters. The van der Waals surface area contributed by atoms with Gasteiger partial charge in [-0.25, -0.2) is 9.59 Å². The van der Waals surface area contributed by atoms with E-state index < -0.39 is 12.0 Å². The normalized spacial score (nSPS) is 32.4. The third-order valence-corrected chi connectivity index (χ3v) is 5.85. The van der Waals surface area contributed by atoms with Crippen molar-refractivity contribution in [1.29, 1.82) is 0 Å². The number of urea groups is 1. The van der Waals surface area contributed by atoms with Gasteiger partial charge in [-0.1, -0.05) is 26.7 Å². The number of carboxylic acids is 1. The van der Waals surface area contributed by atoms with Crippen molar-refractivity contribution >= 4 is 23.8 Å². The van der Waals surface area contributed by atoms with Crippen LogP contribution in [0.1, 0.15) is 46.0 Å². The van der Waals surface area contributed by atoms with Gasteiger partial charge in [-0.2, -0.15) is 0 Å². The predicted octanol–water partition coefficient (Wildman–Crippen LogP) is 2.76. The average Bonchev–Trinajstić information content (AvgIpc) is 3.03. The van der Waals surface area contributed by atoms with Gasteiger partial charge < -0.3 is 10.4 Å². The Hall–Kier alpha value is -0.910. The maximum absolute atomic E-state index is 12.4. The highest BCUT2D eigenvalue weighted by molar-refractivity contribution is 8.00. The van der Waals surface area contributed by atoms with Crippen LogP contribution in [0.25, 0.3) is 0 Å². The minimum Gasteiger partial charge on any atom is -0.480 e. The van der Waals surface area contributed by atoms with Crippen LogP contribution in [-0.2, 0) is 4.79 Å². The van der Waals surface area contributed by atoms with Gasteiger partial charge in [0.15, 0.2) is 0 Å². The molecule has 1 aliphatic carbocycles. The number of carbonyl (C=O) groups excluding carboxylic acids is 1. The molecule has 6 heteroatoms. The van der Waals surface area contributed by atoms with Crippen molar-refractivity contribution in [1.82, 2.24) is 10.2 Å². The van der Waals surface area contributed by atoms with Gasteiger partial charge in [0, 0.05) is 12.3 Å². The van der Waals surface area contributed by atoms with Gasteiger partial charge in [-0.15, -0.1) is 11.8 Å². The number of nitrogens with one attached hydrogen (secondary N) is 1. The van der Waals surface area contributed by atoms with Crippen molar-refractivity contribution in [2.75, 3.05) is 12.3 Å². The van der Waals surface area contributed by atoms with Crippen LogP contribution in [0.15, 0.2) is 0 Å². The lowest BCUT2D eigenvalue weighted by atomic mass is 10.1. The fourth-order valence-corrected chi connectivity index (χ4v) is 4.84. The summed E-state index contributed by atoms with van der Waals surface area (Å²) in [6.07, 6.45) is 5.36. The fraction of sp³-hybridized carbons (Fsp3) is 0.867. The Morgan fingerprint density at radius 3 is 2.71 bits per heavy atom. The van der Waals surface area contributed by atoms with Gasteiger partial charge in [0.1, 0.15) is 6.04 Å². The van der Waals surface area contributed by atoms with Crippen LogP contribution in [0.3, 0.4) is 0 Å². The number of rotatable bonds is 5. The zero-order chi connectivity index (χ0) is 15.4. The Labute approximate surface area is 130 Å². The van der Waals surface area contributed by atoms with Crippen molar-refractivity contribution in [2.45, 2.75) is 57.4 Å². The summed E-state index contributed by atoms with van der Waals surface area (Å²) < 4.78 is 0. The molecule has 2 fully saturated rings. The van der Waals surface area contributed by atoms with Crippen LogP contribution in [0.4, 0.5) is 4.79 Å². The number of carboxylic acid groups (broad SMARTS) is 1. The molecule has 1 aliphatic heterocycles. The summed E-state index contributed by atoms with van der Waals surface area (Å²) >= 11 is 1.58. The van der Waals surface area contributed by atoms with Crippen molar-refractivity contribution in [3.05, 3.63) is 0 Å². The molecule has 1 heterocycles. The summed E-state index contributed by atoms with van der Waals surface area (Å²) in [4.78, 5) is 25.3. The molecule has 0 aromatic rings. The lowest BCUT2D eigenvalue weighted by Gasteiger charge is -2.28. The van der Waals surface area contributed by atoms with E-state index in [9.17, 15) is 14.7 Å². The lowest BCUT2D eigenvalue weighted by Crippen LogP contribution is -2.50. The molecule has 0 radical (unpaired) electrons. The summed E-state index contributed by atoms with van der Waals surface area (Å²) in [5.74, 6) is 0.889. The number of aliphatic carboxylic acids is 1. The summed E-state index contributed by atoms with van der Waals surface area (Å²) in [6.45, 7) is 4.98. The van der Waals surface area contributed by atoms with E-state index in [1.165, 1.54) is 6.42 Å². The van der Waals surface area contributed by atoms with Crippen molar-refractivity contribution in [3.8, 4) is 0 Å². The Morgan fingerprint density at radius 1 is 1.38 bits per heavy atom. The van der Waals surface area contributed by atoms with Crippen LogP contribution in [-0.4, -0.2) is 45.7 Å². The Bertz CT molecular complexity index is 391. The summed E-state index contributed by atoms with van der Waals surface area (Å²) in [5, 5.41) is 12.3. The summed E-state index contributed by atoms with van der Waals surface area (Å²) in [6, 6.07) is -0.889. The first-order chi connectivity index (χ1) is 10.0. The predicted molar refractivity (Wildman–Crippen MR) is 84.3 cm³/mol. The Balaban J connectivity index is 1.91. The number of amides is 2. The zero-order valence-electron chi connectivity index (χ0n) is 12.9. The molecule has 0 aromatic heterocycles. The first kappa shape index (κ1) is 16.5. The van der Waals surface area contributed by atoms with Crippen LogP contribution < -0.4 is 5.32 Å². The van der Waals surface area contributed by atoms with Gasteiger partial charge in [0.25, 0.3) is 0 Å². The highest BCUT2D eigenvalue weighted by Gasteiger charge is 2.41. The number of thioether (sulfide) groups is 1. The molecule has 2 rings (SSSR count). The first-order valence-corrected chi connectivity index (χ1v) is 8.98. The molecule has 1 saturated carbocycles. The zero-order valence-corrected chi connectivity index (χ0v) is 13.7. The third-order valence-electron chi connectivity index (χ3n) is 4.49. The molecule has 21 heavy (non-hydrogen) atoms. The van der Waals surface area contributed by atoms with Crippen molar-refractivity contribution in [3.63, 3.8) is 0 Å². The largest absolute Gasteiger partial charge is 0.480 e. The van der Waals surface area contributed by atoms with Crippen LogP contribution in [0.5, 0.6) is 0 Å². The van der Waals surface area contributed by atoms with E-state index in [0.29, 0.717) is 18.2 Å². The molecule has 2 amide bonds. The first-order valence-electron chi connectivity index (χ1n) is 7.93. The van der Waals surface area contributed by atoms with E-state index in [1.54, 1.807) is 16.7 Å². The Kier molecular flexibility index (Phi) is 5.79. The van der Waals surface area contributed by atoms with E-state index in [1.807, 2.05) is 0 Å². The molecular weight excluding hydrogens is 288 g/mol. The van der Waals surface area contributed by atoms with Gasteiger partial charge >= 0.3 is 12.0 Å². The van der Waals surface area contributed by atoms with Gasteiger partial charge in [-0.3, -0.25) is 4.90 Å². The number of hydrogen-bond donors (Lipinski definition) is 2. The SMILES string of the molecule is CCCC1SCC(C(=O)O)N1C(=O)NCC1CCC(C)C1. The Morgan fingerprint density at radius 2 is 2.14 bits per heavy atom. The second-order valence-corrected chi connectivity index (χ2v) is 7.52. The van der Waals surface area contributed by atoms with E-state index >= 15 is 0 Å². The highest BCUT2D eigenvalue weighted by atomic mass is 32.2. The van der Waals surface area contributed by atoms with Crippen molar-refractivity contribution in [2.24, 2.45) is 11.8 Å². The second-order valence-electron chi connectivity index (χ2n) is 6.31. The number of nitrogens with zero attached hydrogens (tertiary/aromatic N) is 1. The molecule has 1 saturated heterocycles. The lowest BCUT2D eigenvalue weighted by molar-refractivity contribution is -0.141. The van der Waals surface area contributed by atoms with E-state index in [-0.39, 0.29) is 11.4 Å². The number of carbonyl (C=O) groups is 2. The van der Waals surface area contributed by atoms with E-state index in [0.717, 1.165) is 31.6 Å². The standard InChI is InChI=1S/C15H26N2O3S/c1-3-4-13-17(12(9-21-13)14(18)19)15(20)16-8-11-6-5-10(2)7-11/h10-13H,3-9H2,1-2H3,(H,16,20)(H,18,19). The average molecular weight is 314 g/mol. The van der Waals surface area contributed by atoms with Crippen LogP contribution in [0, 0.1) is 11.8 Å². The summed E-state index contributed by atoms with van der Waals surface area (Å²) in [7, 11) is 0. The molecule has 5 nitrogen and oxygen atoms in total. The topological polar surface area (TPSA) is 69.6 Å². The highest BCUT2D eigenvalue weighted by Crippen LogP contribution is 2.33. The van der Waals surface area contributed by atoms with Gasteiger partial charge in [-0.05, 0) is 31.1 Å². The van der Waals surface area contributed by atoms with Crippen molar-refractivity contribution < 1.29 is 14.7 Å². The summed E-state index contributed by atoms with van der Waals surface area (Å²) in [5.41, 5.74) is 0. The molecule has 2 N–H and O–H groups in total. The molecule has 120 valence electrons. The minimum atomic E-state index is -0.897. The van der Waals surface area contributed by atoms with E-state index in [4.69, 9.17) is 0 Å². The molecule has 0 aromatic carbocycles. The molecule has 0 bridgehead atoms. The quantitative estimate of drug-likeness (QED) is 0.818. The maximum Gasteiger partial charge on any atom is 0.327 e. The molecule has 0 spiro atoms. The van der Waals surface area contributed by atoms with E-state index in [2.05, 4.69) is 19.2 Å². The molecular formula is C15H26N2O3S. The number of hydrogen-bond acceptors (Lipinski definition) is 3. The third kappa shape index (κ3) is 4.05. The monoisotopic (exact) mass is 314 g/mol. The maximum atomic E-state index is 12.4. The van der Waals surface area contributed by atoms with Gasteiger partial charge in [0.2, 0.25) is 0 Å². The molecule has 2 aliphatic rings. The minimum absolute atomic E-state index is 0.00129. The molecule has 4 atom stereocenters. The van der Waals surface area contributed by atoms with Crippen LogP contribution >= 0.6 is 11.8 Å².